The number of aromatic hydroxyl groups is 1. The first-order chi connectivity index (χ1) is 10.5. The van der Waals surface area contributed by atoms with Gasteiger partial charge in [-0.3, -0.25) is 5.43 Å². The molecule has 1 aliphatic carbocycles. The summed E-state index contributed by atoms with van der Waals surface area (Å²) in [5, 5.41) is 15.0. The molecule has 1 atom stereocenters. The average molecular weight is 340 g/mol. The number of hydrazone groups is 1. The number of nitrogens with zero attached hydrogens (tertiary/aromatic N) is 2. The van der Waals surface area contributed by atoms with Crippen molar-refractivity contribution in [2.45, 2.75) is 19.3 Å². The van der Waals surface area contributed by atoms with Crippen LogP contribution in [0.3, 0.4) is 0 Å². The highest BCUT2D eigenvalue weighted by molar-refractivity contribution is 6.35. The van der Waals surface area contributed by atoms with Crippen LogP contribution in [0.1, 0.15) is 30.4 Å². The van der Waals surface area contributed by atoms with Crippen molar-refractivity contribution in [3.8, 4) is 5.75 Å². The number of fused-ring (bicyclic) bond motifs is 1. The number of benzene rings is 1. The van der Waals surface area contributed by atoms with Crippen molar-refractivity contribution in [1.82, 2.24) is 4.98 Å². The van der Waals surface area contributed by atoms with E-state index in [2.05, 4.69) is 15.5 Å². The van der Waals surface area contributed by atoms with Gasteiger partial charge in [0.15, 0.2) is 5.82 Å². The Balaban J connectivity index is 1.96. The van der Waals surface area contributed by atoms with Crippen molar-refractivity contribution >= 4 is 34.7 Å². The summed E-state index contributed by atoms with van der Waals surface area (Å²) >= 11 is 11.8. The first kappa shape index (κ1) is 15.1. The van der Waals surface area contributed by atoms with Gasteiger partial charge in [0.2, 0.25) is 0 Å². The van der Waals surface area contributed by atoms with Crippen LogP contribution in [0.5, 0.6) is 5.75 Å². The molecule has 0 saturated carbocycles. The first-order valence-electron chi connectivity index (χ1n) is 6.62. The molecule has 0 saturated heterocycles. The summed E-state index contributed by atoms with van der Waals surface area (Å²) in [4.78, 5) is 4.04. The summed E-state index contributed by atoms with van der Waals surface area (Å²) in [6.45, 7) is 1.89. The maximum absolute atomic E-state index is 13.9. The van der Waals surface area contributed by atoms with E-state index in [-0.39, 0.29) is 17.5 Å². The Kier molecular flexibility index (Phi) is 3.93. The van der Waals surface area contributed by atoms with Gasteiger partial charge in [0.1, 0.15) is 11.6 Å². The third-order valence-electron chi connectivity index (χ3n) is 3.56. The molecule has 3 rings (SSSR count). The van der Waals surface area contributed by atoms with Crippen molar-refractivity contribution in [2.24, 2.45) is 5.10 Å². The van der Waals surface area contributed by atoms with E-state index in [0.717, 1.165) is 0 Å². The lowest BCUT2D eigenvalue weighted by atomic mass is 10.0. The third kappa shape index (κ3) is 2.62. The van der Waals surface area contributed by atoms with Crippen LogP contribution in [0.4, 0.5) is 10.2 Å². The number of aromatic nitrogens is 1. The number of nitrogens with one attached hydrogen (secondary N) is 1. The average Bonchev–Trinajstić information content (AvgIpc) is 2.80. The van der Waals surface area contributed by atoms with Crippen molar-refractivity contribution in [1.29, 1.82) is 0 Å². The van der Waals surface area contributed by atoms with Crippen LogP contribution in [-0.2, 0) is 0 Å². The van der Waals surface area contributed by atoms with E-state index in [0.29, 0.717) is 39.1 Å². The maximum Gasteiger partial charge on any atom is 0.165 e. The van der Waals surface area contributed by atoms with Crippen LogP contribution < -0.4 is 5.43 Å². The number of anilines is 1. The van der Waals surface area contributed by atoms with Crippen LogP contribution in [0, 0.1) is 5.82 Å². The van der Waals surface area contributed by atoms with Gasteiger partial charge < -0.3 is 5.11 Å². The van der Waals surface area contributed by atoms with E-state index in [4.69, 9.17) is 23.2 Å². The summed E-state index contributed by atoms with van der Waals surface area (Å²) in [7, 11) is 0. The molecule has 0 aliphatic heterocycles. The fourth-order valence-electron chi connectivity index (χ4n) is 2.58. The number of phenols is 1. The van der Waals surface area contributed by atoms with Crippen LogP contribution in [0.25, 0.3) is 0 Å². The predicted molar refractivity (Wildman–Crippen MR) is 85.5 cm³/mol. The molecular formula is C15H12Cl2FN3O. The summed E-state index contributed by atoms with van der Waals surface area (Å²) in [5.74, 6) is -0.0449. The quantitative estimate of drug-likeness (QED) is 0.788. The molecule has 0 amide bonds. The van der Waals surface area contributed by atoms with Crippen LogP contribution >= 0.6 is 23.2 Å². The number of halogens is 3. The second kappa shape index (κ2) is 5.74. The maximum atomic E-state index is 13.9. The minimum atomic E-state index is -0.340. The SMILES string of the molecule is C[C@H]1C/C(=N\Nc2ncc(Cl)cc2Cl)c2c(O)ccc(F)c21. The van der Waals surface area contributed by atoms with E-state index in [1.54, 1.807) is 6.07 Å². The van der Waals surface area contributed by atoms with Gasteiger partial charge in [-0.15, -0.1) is 0 Å². The summed E-state index contributed by atoms with van der Waals surface area (Å²) < 4.78 is 13.9. The highest BCUT2D eigenvalue weighted by Gasteiger charge is 2.30. The van der Waals surface area contributed by atoms with Gasteiger partial charge in [-0.25, -0.2) is 9.37 Å². The van der Waals surface area contributed by atoms with Crippen LogP contribution in [0.2, 0.25) is 10.0 Å². The molecule has 2 N–H and O–H groups in total. The molecular weight excluding hydrogens is 328 g/mol. The summed E-state index contributed by atoms with van der Waals surface area (Å²) in [6, 6.07) is 4.13. The number of hydrogen-bond acceptors (Lipinski definition) is 4. The second-order valence-corrected chi connectivity index (χ2v) is 5.96. The van der Waals surface area contributed by atoms with Crippen molar-refractivity contribution in [3.05, 3.63) is 51.4 Å². The molecule has 22 heavy (non-hydrogen) atoms. The van der Waals surface area contributed by atoms with Gasteiger partial charge >= 0.3 is 0 Å². The molecule has 1 aromatic heterocycles. The molecule has 2 aromatic rings. The zero-order valence-electron chi connectivity index (χ0n) is 11.6. The Morgan fingerprint density at radius 1 is 1.41 bits per heavy atom. The topological polar surface area (TPSA) is 57.5 Å². The molecule has 0 spiro atoms. The molecule has 1 heterocycles. The van der Waals surface area contributed by atoms with Gasteiger partial charge in [-0.2, -0.15) is 5.10 Å². The largest absolute Gasteiger partial charge is 0.507 e. The zero-order valence-corrected chi connectivity index (χ0v) is 13.1. The Labute approximate surface area is 136 Å². The number of pyridine rings is 1. The molecule has 0 radical (unpaired) electrons. The van der Waals surface area contributed by atoms with E-state index in [9.17, 15) is 9.50 Å². The lowest BCUT2D eigenvalue weighted by Crippen LogP contribution is -2.02. The Morgan fingerprint density at radius 2 is 2.18 bits per heavy atom. The molecule has 114 valence electrons. The minimum Gasteiger partial charge on any atom is -0.507 e. The van der Waals surface area contributed by atoms with E-state index < -0.39 is 0 Å². The number of rotatable bonds is 2. The lowest BCUT2D eigenvalue weighted by Gasteiger charge is -2.07. The minimum absolute atomic E-state index is 0.0106. The predicted octanol–water partition coefficient (Wildman–Crippen LogP) is 4.56. The fraction of sp³-hybridized carbons (Fsp3) is 0.200. The molecule has 0 bridgehead atoms. The summed E-state index contributed by atoms with van der Waals surface area (Å²) in [6.07, 6.45) is 1.96. The zero-order chi connectivity index (χ0) is 15.9. The van der Waals surface area contributed by atoms with E-state index >= 15 is 0 Å². The molecule has 7 heteroatoms. The van der Waals surface area contributed by atoms with Crippen molar-refractivity contribution < 1.29 is 9.50 Å². The monoisotopic (exact) mass is 339 g/mol. The van der Waals surface area contributed by atoms with Crippen LogP contribution in [-0.4, -0.2) is 15.8 Å². The van der Waals surface area contributed by atoms with Gasteiger partial charge in [0, 0.05) is 17.3 Å². The molecule has 1 aliphatic rings. The fourth-order valence-corrected chi connectivity index (χ4v) is 3.00. The Morgan fingerprint density at radius 3 is 2.91 bits per heavy atom. The molecule has 4 nitrogen and oxygen atoms in total. The lowest BCUT2D eigenvalue weighted by molar-refractivity contribution is 0.470. The Bertz CT molecular complexity index is 780. The van der Waals surface area contributed by atoms with Crippen molar-refractivity contribution in [2.75, 3.05) is 5.43 Å². The number of hydrogen-bond donors (Lipinski definition) is 2. The van der Waals surface area contributed by atoms with Crippen molar-refractivity contribution in [3.63, 3.8) is 0 Å². The second-order valence-electron chi connectivity index (χ2n) is 5.11. The smallest absolute Gasteiger partial charge is 0.165 e. The van der Waals surface area contributed by atoms with E-state index in [1.165, 1.54) is 18.3 Å². The number of phenolic OH excluding ortho intramolecular Hbond substituents is 1. The van der Waals surface area contributed by atoms with Gasteiger partial charge in [-0.1, -0.05) is 30.1 Å². The standard InChI is InChI=1S/C15H12Cl2FN3O/c1-7-4-11(14-12(22)3-2-10(18)13(7)14)20-21-15-9(17)5-8(16)6-19-15/h2-3,5-7,22H,4H2,1H3,(H,19,21)/b20-11+/t7-/m0/s1. The molecule has 1 aromatic carbocycles. The first-order valence-corrected chi connectivity index (χ1v) is 7.38. The van der Waals surface area contributed by atoms with Gasteiger partial charge in [0.25, 0.3) is 0 Å². The third-order valence-corrected chi connectivity index (χ3v) is 4.05. The van der Waals surface area contributed by atoms with Crippen LogP contribution in [0.15, 0.2) is 29.5 Å². The normalized spacial score (nSPS) is 18.5. The summed E-state index contributed by atoms with van der Waals surface area (Å²) in [5.41, 5.74) is 4.22. The van der Waals surface area contributed by atoms with E-state index in [1.807, 2.05) is 6.92 Å². The Hall–Kier alpha value is -1.85. The molecule has 0 unspecified atom stereocenters. The highest BCUT2D eigenvalue weighted by atomic mass is 35.5. The van der Waals surface area contributed by atoms with Gasteiger partial charge in [0.05, 0.1) is 15.8 Å². The highest BCUT2D eigenvalue weighted by Crippen LogP contribution is 2.39. The van der Waals surface area contributed by atoms with Gasteiger partial charge in [-0.05, 0) is 30.5 Å². The molecule has 0 fully saturated rings.